The fourth-order valence-corrected chi connectivity index (χ4v) is 1.31. The van der Waals surface area contributed by atoms with Crippen LogP contribution >= 0.6 is 0 Å². The van der Waals surface area contributed by atoms with E-state index in [1.165, 1.54) is 0 Å². The lowest BCUT2D eigenvalue weighted by Crippen LogP contribution is -2.36. The number of aryl methyl sites for hydroxylation is 1. The Morgan fingerprint density at radius 2 is 1.65 bits per heavy atom. The van der Waals surface area contributed by atoms with E-state index in [1.807, 2.05) is 20.8 Å². The molecular formula is C11H16F5N3O. The lowest BCUT2D eigenvalue weighted by Gasteiger charge is -2.20. The number of alkyl halides is 5. The maximum absolute atomic E-state index is 12.9. The van der Waals surface area contributed by atoms with Crippen LogP contribution in [0.5, 0.6) is 0 Å². The first kappa shape index (κ1) is 16.8. The molecule has 0 fully saturated rings. The molecule has 1 rings (SSSR count). The van der Waals surface area contributed by atoms with E-state index in [0.29, 0.717) is 13.0 Å². The Bertz CT molecular complexity index is 436. The molecule has 0 spiro atoms. The van der Waals surface area contributed by atoms with E-state index < -0.39 is 18.0 Å². The number of nitrogens with zero attached hydrogens (tertiary/aromatic N) is 2. The van der Waals surface area contributed by atoms with Gasteiger partial charge in [-0.15, -0.1) is 10.2 Å². The van der Waals surface area contributed by atoms with Crippen LogP contribution in [0.2, 0.25) is 0 Å². The highest BCUT2D eigenvalue weighted by molar-refractivity contribution is 4.95. The minimum atomic E-state index is -5.75. The number of halogens is 5. The minimum absolute atomic E-state index is 0.108. The summed E-state index contributed by atoms with van der Waals surface area (Å²) in [6.45, 7) is 6.39. The Balaban J connectivity index is 2.56. The Hall–Kier alpha value is -1.25. The lowest BCUT2D eigenvalue weighted by molar-refractivity contribution is -0.297. The second kappa shape index (κ2) is 5.63. The van der Waals surface area contributed by atoms with E-state index in [9.17, 15) is 22.0 Å². The highest BCUT2D eigenvalue weighted by Gasteiger charge is 2.62. The first-order chi connectivity index (χ1) is 8.93. The lowest BCUT2D eigenvalue weighted by atomic mass is 10.1. The fourth-order valence-electron chi connectivity index (χ4n) is 1.31. The highest BCUT2D eigenvalue weighted by Crippen LogP contribution is 2.43. The van der Waals surface area contributed by atoms with Crippen LogP contribution in [0.4, 0.5) is 22.0 Å². The Morgan fingerprint density at radius 3 is 2.15 bits per heavy atom. The smallest absolute Gasteiger partial charge is 0.419 e. The minimum Gasteiger partial charge on any atom is -0.419 e. The van der Waals surface area contributed by atoms with Crippen molar-refractivity contribution >= 4 is 0 Å². The molecule has 0 radical (unpaired) electrons. The van der Waals surface area contributed by atoms with Gasteiger partial charge in [-0.2, -0.15) is 22.0 Å². The van der Waals surface area contributed by atoms with Crippen LogP contribution < -0.4 is 5.32 Å². The van der Waals surface area contributed by atoms with Crippen molar-refractivity contribution in [2.24, 2.45) is 0 Å². The van der Waals surface area contributed by atoms with Crippen molar-refractivity contribution < 1.29 is 26.4 Å². The monoisotopic (exact) mass is 301 g/mol. The van der Waals surface area contributed by atoms with Gasteiger partial charge in [0.2, 0.25) is 5.89 Å². The molecule has 1 heterocycles. The topological polar surface area (TPSA) is 51.0 Å². The molecule has 0 bridgehead atoms. The molecule has 4 nitrogen and oxygen atoms in total. The van der Waals surface area contributed by atoms with Gasteiger partial charge in [0.25, 0.3) is 5.89 Å². The van der Waals surface area contributed by atoms with Gasteiger partial charge in [-0.05, 0) is 33.7 Å². The van der Waals surface area contributed by atoms with Crippen molar-refractivity contribution in [3.05, 3.63) is 11.8 Å². The van der Waals surface area contributed by atoms with E-state index in [1.54, 1.807) is 0 Å². The SMILES string of the molecule is CC(C)(C)NCCCc1nnc(C(F)(F)C(F)(F)F)o1. The van der Waals surface area contributed by atoms with E-state index in [2.05, 4.69) is 19.9 Å². The maximum Gasteiger partial charge on any atom is 0.463 e. The molecule has 0 aliphatic carbocycles. The van der Waals surface area contributed by atoms with Gasteiger partial charge in [0.1, 0.15) is 0 Å². The van der Waals surface area contributed by atoms with Crippen LogP contribution in [0.15, 0.2) is 4.42 Å². The van der Waals surface area contributed by atoms with E-state index >= 15 is 0 Å². The molecular weight excluding hydrogens is 285 g/mol. The van der Waals surface area contributed by atoms with Gasteiger partial charge >= 0.3 is 12.1 Å². The van der Waals surface area contributed by atoms with Crippen molar-refractivity contribution in [3.63, 3.8) is 0 Å². The van der Waals surface area contributed by atoms with Gasteiger partial charge in [-0.1, -0.05) is 0 Å². The van der Waals surface area contributed by atoms with Gasteiger partial charge in [0.15, 0.2) is 0 Å². The number of nitrogens with one attached hydrogen (secondary N) is 1. The predicted octanol–water partition coefficient (Wildman–Crippen LogP) is 3.04. The standard InChI is InChI=1S/C11H16F5N3O/c1-9(2,3)17-6-4-5-7-18-19-8(20-7)10(12,13)11(14,15)16/h17H,4-6H2,1-3H3. The predicted molar refractivity (Wildman–Crippen MR) is 60.3 cm³/mol. The molecule has 0 saturated carbocycles. The van der Waals surface area contributed by atoms with Crippen molar-refractivity contribution in [3.8, 4) is 0 Å². The maximum atomic E-state index is 12.9. The second-order valence-electron chi connectivity index (χ2n) is 5.35. The third-order valence-corrected chi connectivity index (χ3v) is 2.31. The van der Waals surface area contributed by atoms with Gasteiger partial charge in [-0.3, -0.25) is 0 Å². The van der Waals surface area contributed by atoms with Crippen molar-refractivity contribution in [2.45, 2.75) is 51.3 Å². The first-order valence-electron chi connectivity index (χ1n) is 5.96. The number of aromatic nitrogens is 2. The molecule has 0 saturated heterocycles. The van der Waals surface area contributed by atoms with E-state index in [4.69, 9.17) is 0 Å². The molecule has 0 amide bonds. The summed E-state index contributed by atoms with van der Waals surface area (Å²) in [5, 5.41) is 9.12. The summed E-state index contributed by atoms with van der Waals surface area (Å²) in [7, 11) is 0. The summed E-state index contributed by atoms with van der Waals surface area (Å²) in [5.41, 5.74) is -0.108. The molecule has 116 valence electrons. The van der Waals surface area contributed by atoms with Crippen LogP contribution in [0.25, 0.3) is 0 Å². The van der Waals surface area contributed by atoms with Crippen LogP contribution in [0.1, 0.15) is 39.0 Å². The molecule has 1 aromatic heterocycles. The Labute approximate surface area is 112 Å². The first-order valence-corrected chi connectivity index (χ1v) is 5.96. The molecule has 9 heteroatoms. The largest absolute Gasteiger partial charge is 0.463 e. The molecule has 0 aliphatic rings. The normalized spacial score (nSPS) is 13.8. The fraction of sp³-hybridized carbons (Fsp3) is 0.818. The summed E-state index contributed by atoms with van der Waals surface area (Å²) in [5.74, 6) is -7.08. The van der Waals surface area contributed by atoms with Crippen molar-refractivity contribution in [1.82, 2.24) is 15.5 Å². The Kier molecular flexibility index (Phi) is 4.73. The highest BCUT2D eigenvalue weighted by atomic mass is 19.4. The molecule has 0 unspecified atom stereocenters. The summed E-state index contributed by atoms with van der Waals surface area (Å²) in [4.78, 5) is 0. The average Bonchev–Trinajstić information content (AvgIpc) is 2.70. The third kappa shape index (κ3) is 4.39. The summed E-state index contributed by atoms with van der Waals surface area (Å²) in [6.07, 6.45) is -5.13. The van der Waals surface area contributed by atoms with Gasteiger partial charge in [-0.25, -0.2) is 0 Å². The quantitative estimate of drug-likeness (QED) is 0.671. The number of hydrogen-bond donors (Lipinski definition) is 1. The zero-order valence-corrected chi connectivity index (χ0v) is 11.3. The summed E-state index contributed by atoms with van der Waals surface area (Å²) < 4.78 is 66.4. The molecule has 1 aromatic rings. The average molecular weight is 301 g/mol. The summed E-state index contributed by atoms with van der Waals surface area (Å²) in [6, 6.07) is 0. The van der Waals surface area contributed by atoms with Crippen LogP contribution in [-0.2, 0) is 12.3 Å². The molecule has 0 aliphatic heterocycles. The zero-order chi connectivity index (χ0) is 15.6. The third-order valence-electron chi connectivity index (χ3n) is 2.31. The van der Waals surface area contributed by atoms with E-state index in [-0.39, 0.29) is 17.9 Å². The van der Waals surface area contributed by atoms with Gasteiger partial charge in [0.05, 0.1) is 0 Å². The van der Waals surface area contributed by atoms with Crippen LogP contribution in [-0.4, -0.2) is 28.5 Å². The number of rotatable bonds is 5. The molecule has 0 atom stereocenters. The van der Waals surface area contributed by atoms with Crippen LogP contribution in [0.3, 0.4) is 0 Å². The molecule has 20 heavy (non-hydrogen) atoms. The molecule has 1 N–H and O–H groups in total. The summed E-state index contributed by atoms with van der Waals surface area (Å²) >= 11 is 0. The van der Waals surface area contributed by atoms with Gasteiger partial charge < -0.3 is 9.73 Å². The Morgan fingerprint density at radius 1 is 1.05 bits per heavy atom. The van der Waals surface area contributed by atoms with Crippen LogP contribution in [0, 0.1) is 0 Å². The molecule has 0 aromatic carbocycles. The zero-order valence-electron chi connectivity index (χ0n) is 11.3. The van der Waals surface area contributed by atoms with Crippen molar-refractivity contribution in [1.29, 1.82) is 0 Å². The van der Waals surface area contributed by atoms with E-state index in [0.717, 1.165) is 0 Å². The second-order valence-corrected chi connectivity index (χ2v) is 5.35. The van der Waals surface area contributed by atoms with Gasteiger partial charge in [0, 0.05) is 12.0 Å². The number of hydrogen-bond acceptors (Lipinski definition) is 4. The van der Waals surface area contributed by atoms with Crippen molar-refractivity contribution in [2.75, 3.05) is 6.54 Å².